The quantitative estimate of drug-likeness (QED) is 0.0401. The summed E-state index contributed by atoms with van der Waals surface area (Å²) in [5.41, 5.74) is 18.7. The first-order chi connectivity index (χ1) is 47.4. The Morgan fingerprint density at radius 2 is 1.26 bits per heavy atom. The summed E-state index contributed by atoms with van der Waals surface area (Å²) in [5.74, 6) is -15.4. The number of carbonyl (C=O) groups is 14. The molecule has 2 aromatic rings. The van der Waals surface area contributed by atoms with Crippen molar-refractivity contribution in [1.82, 2.24) is 68.5 Å². The van der Waals surface area contributed by atoms with Crippen molar-refractivity contribution < 1.29 is 77.3 Å². The maximum atomic E-state index is 14.9. The second-order valence-corrected chi connectivity index (χ2v) is 27.0. The molecule has 554 valence electrons. The van der Waals surface area contributed by atoms with Gasteiger partial charge < -0.3 is 90.9 Å². The second kappa shape index (κ2) is 42.1. The van der Waals surface area contributed by atoms with Gasteiger partial charge in [-0.05, 0) is 80.7 Å². The van der Waals surface area contributed by atoms with Crippen LogP contribution >= 0.6 is 11.8 Å². The van der Waals surface area contributed by atoms with Gasteiger partial charge >= 0.3 is 11.9 Å². The van der Waals surface area contributed by atoms with E-state index < -0.39 is 193 Å². The molecule has 4 unspecified atom stereocenters. The minimum absolute atomic E-state index is 0.00117. The van der Waals surface area contributed by atoms with E-state index in [2.05, 4.69) is 73.4 Å². The number of carboxylic acids is 2. The van der Waals surface area contributed by atoms with Crippen LogP contribution in [0.3, 0.4) is 0 Å². The van der Waals surface area contributed by atoms with E-state index in [1.807, 2.05) is 27.7 Å². The number of aromatic amines is 1. The van der Waals surface area contributed by atoms with Crippen molar-refractivity contribution in [2.75, 3.05) is 18.8 Å². The molecule has 2 aliphatic heterocycles. The van der Waals surface area contributed by atoms with Gasteiger partial charge in [-0.25, -0.2) is 4.98 Å². The van der Waals surface area contributed by atoms with Gasteiger partial charge in [0.25, 0.3) is 0 Å². The van der Waals surface area contributed by atoms with E-state index in [4.69, 9.17) is 17.2 Å². The Hall–Kier alpha value is -9.05. The molecule has 3 heterocycles. The predicted molar refractivity (Wildman–Crippen MR) is 369 cm³/mol. The van der Waals surface area contributed by atoms with E-state index >= 15 is 0 Å². The highest BCUT2D eigenvalue weighted by Gasteiger charge is 2.40. The number of carbonyl (C=O) groups excluding carboxylic acids is 12. The first-order valence-corrected chi connectivity index (χ1v) is 35.1. The fourth-order valence-corrected chi connectivity index (χ4v) is 12.0. The van der Waals surface area contributed by atoms with Gasteiger partial charge in [0, 0.05) is 43.5 Å². The van der Waals surface area contributed by atoms with Gasteiger partial charge in [0.2, 0.25) is 70.9 Å². The molecule has 0 spiro atoms. The summed E-state index contributed by atoms with van der Waals surface area (Å²) in [7, 11) is 0. The highest BCUT2D eigenvalue weighted by molar-refractivity contribution is 8.14. The molecule has 1 aromatic heterocycles. The minimum Gasteiger partial charge on any atom is -0.481 e. The SMILES string of the molecule is CC[C@H](C)[C@H](N)C1=N[C@H](C(=O)N[C@@H](CC(C)C)C(=O)N[C@H](CCC(=O)O)C(=O)N[C@H](C(=O)NC2CCCCNC(=O)C(CC(N)=O)NC(=O)[C@@H](CC(=O)O)NC(=O)[C@H](Cc3cnc[nH]3)NC(=O)C(Cc3ccccc3)NC(=O)[C@H]([C@@H](C)CC)NC(=O)C(CCCN)NC2=O)[C@@H](C)CC)CS1. The molecule has 100 heavy (non-hydrogen) atoms. The van der Waals surface area contributed by atoms with Crippen LogP contribution in [0.15, 0.2) is 47.8 Å². The van der Waals surface area contributed by atoms with Crippen LogP contribution in [0.4, 0.5) is 0 Å². The number of aromatic nitrogens is 2. The van der Waals surface area contributed by atoms with E-state index in [-0.39, 0.29) is 94.9 Å². The predicted octanol–water partition coefficient (Wildman–Crippen LogP) is -1.68. The largest absolute Gasteiger partial charge is 0.481 e. The van der Waals surface area contributed by atoms with Gasteiger partial charge in [-0.1, -0.05) is 105 Å². The summed E-state index contributed by atoms with van der Waals surface area (Å²) in [6, 6.07) is -8.34. The van der Waals surface area contributed by atoms with Gasteiger partial charge in [-0.2, -0.15) is 0 Å². The first kappa shape index (κ1) is 83.4. The van der Waals surface area contributed by atoms with E-state index in [1.54, 1.807) is 58.0 Å². The third-order valence-corrected chi connectivity index (χ3v) is 18.6. The molecule has 0 bridgehead atoms. The topological polar surface area (TPSA) is 531 Å². The first-order valence-electron chi connectivity index (χ1n) is 34.1. The van der Waals surface area contributed by atoms with Crippen molar-refractivity contribution >= 4 is 99.6 Å². The van der Waals surface area contributed by atoms with Crippen LogP contribution < -0.4 is 75.7 Å². The van der Waals surface area contributed by atoms with Crippen LogP contribution in [0.1, 0.15) is 150 Å². The van der Waals surface area contributed by atoms with Crippen LogP contribution in [0.2, 0.25) is 0 Å². The lowest BCUT2D eigenvalue weighted by molar-refractivity contribution is -0.142. The number of hydrogen-bond donors (Lipinski definition) is 17. The van der Waals surface area contributed by atoms with Crippen molar-refractivity contribution in [2.45, 2.75) is 224 Å². The molecule has 1 aromatic carbocycles. The molecular formula is C66H103N17O16S. The Labute approximate surface area is 586 Å². The number of nitrogens with zero attached hydrogens (tertiary/aromatic N) is 2. The molecule has 4 rings (SSSR count). The summed E-state index contributed by atoms with van der Waals surface area (Å²) in [4.78, 5) is 207. The van der Waals surface area contributed by atoms with Crippen molar-refractivity contribution in [1.29, 1.82) is 0 Å². The fraction of sp³-hybridized carbons (Fsp3) is 0.636. The van der Waals surface area contributed by atoms with Gasteiger partial charge in [-0.15, -0.1) is 11.8 Å². The normalized spacial score (nSPS) is 23.1. The molecule has 34 heteroatoms. The van der Waals surface area contributed by atoms with Crippen LogP contribution in [0.5, 0.6) is 0 Å². The number of benzene rings is 1. The van der Waals surface area contributed by atoms with E-state index in [0.717, 1.165) is 6.42 Å². The molecule has 12 amide bonds. The summed E-state index contributed by atoms with van der Waals surface area (Å²) < 4.78 is 0. The Balaban J connectivity index is 1.77. The number of aliphatic imine (C=N–C) groups is 1. The third kappa shape index (κ3) is 27.6. The van der Waals surface area contributed by atoms with Crippen molar-refractivity contribution in [3.8, 4) is 0 Å². The zero-order valence-electron chi connectivity index (χ0n) is 58.2. The summed E-state index contributed by atoms with van der Waals surface area (Å²) in [6.45, 7) is 14.1. The molecule has 33 nitrogen and oxygen atoms in total. The minimum atomic E-state index is -1.94. The molecule has 15 atom stereocenters. The monoisotopic (exact) mass is 1420 g/mol. The summed E-state index contributed by atoms with van der Waals surface area (Å²) >= 11 is 1.35. The van der Waals surface area contributed by atoms with E-state index in [9.17, 15) is 77.3 Å². The van der Waals surface area contributed by atoms with Gasteiger partial charge in [-0.3, -0.25) is 72.1 Å². The molecule has 20 N–H and O–H groups in total. The van der Waals surface area contributed by atoms with E-state index in [1.165, 1.54) is 24.3 Å². The van der Waals surface area contributed by atoms with Crippen molar-refractivity contribution in [3.63, 3.8) is 0 Å². The number of aliphatic carboxylic acids is 2. The zero-order chi connectivity index (χ0) is 74.3. The van der Waals surface area contributed by atoms with Gasteiger partial charge in [0.1, 0.15) is 66.5 Å². The molecule has 2 aliphatic rings. The van der Waals surface area contributed by atoms with Crippen LogP contribution in [-0.4, -0.2) is 199 Å². The standard InChI is InChI=1S/C66H103N17O16S/c1-9-35(6)52(69)66-81-48(32-100-66)63(97)76-43(26-34(4)5)59(93)74-42(22-23-50(85)86)58(92)83-53(36(7)10-2)64(98)75-40-20-15-16-25-71-55(89)46(29-49(68)84)78-62(96)47(30-51(87)88)79-61(95)45(28-39-31-70-33-72-39)77-60(94)44(27-38-18-13-12-14-19-38)80-65(99)54(37(8)11-3)82-57(91)41(21-17-24-67)73-56(40)90/h12-14,18-19,31,33-37,40-48,52-54H,9-11,15-17,20-30,32,67,69H2,1-8H3,(H2,68,84)(H,70,72)(H,71,89)(H,73,90)(H,74,93)(H,75,98)(H,76,97)(H,77,94)(H,78,96)(H,79,95)(H,80,99)(H,82,91)(H,83,92)(H,85,86)(H,87,88)/t35-,36-,37-,40?,41?,42+,43-,44?,45-,46?,47+,48-,52-,53-,54-/m0/s1. The molecule has 1 fully saturated rings. The number of amides is 12. The van der Waals surface area contributed by atoms with E-state index in [0.29, 0.717) is 16.3 Å². The molecule has 0 saturated carbocycles. The number of rotatable bonds is 31. The number of nitrogens with one attached hydrogen (secondary N) is 12. The summed E-state index contributed by atoms with van der Waals surface area (Å²) in [6.07, 6.45) is 0.368. The molecular weight excluding hydrogens is 1320 g/mol. The Morgan fingerprint density at radius 1 is 0.660 bits per heavy atom. The number of hydrogen-bond acceptors (Lipinski definition) is 19. The van der Waals surface area contributed by atoms with Crippen molar-refractivity contribution in [2.24, 2.45) is 45.9 Å². The van der Waals surface area contributed by atoms with Gasteiger partial charge in [0.15, 0.2) is 0 Å². The number of imidazole rings is 1. The maximum Gasteiger partial charge on any atom is 0.305 e. The molecule has 0 radical (unpaired) electrons. The Bertz CT molecular complexity index is 3160. The zero-order valence-corrected chi connectivity index (χ0v) is 59.0. The van der Waals surface area contributed by atoms with Crippen molar-refractivity contribution in [3.05, 3.63) is 54.1 Å². The van der Waals surface area contributed by atoms with Crippen LogP contribution in [-0.2, 0) is 80.0 Å². The van der Waals surface area contributed by atoms with Gasteiger partial charge in [0.05, 0.1) is 30.3 Å². The number of thioether (sulfide) groups is 1. The second-order valence-electron chi connectivity index (χ2n) is 26.0. The molecule has 0 aliphatic carbocycles. The lowest BCUT2D eigenvalue weighted by Crippen LogP contribution is -2.62. The smallest absolute Gasteiger partial charge is 0.305 e. The number of H-pyrrole nitrogens is 1. The van der Waals surface area contributed by atoms with Crippen LogP contribution in [0, 0.1) is 23.7 Å². The maximum absolute atomic E-state index is 14.9. The highest BCUT2D eigenvalue weighted by Crippen LogP contribution is 2.25. The average molecular weight is 1420 g/mol. The molecule has 1 saturated heterocycles. The highest BCUT2D eigenvalue weighted by atomic mass is 32.2. The fourth-order valence-electron chi connectivity index (χ4n) is 10.9. The van der Waals surface area contributed by atoms with Crippen LogP contribution in [0.25, 0.3) is 0 Å². The number of nitrogens with two attached hydrogens (primary N) is 3. The Kier molecular flexibility index (Phi) is 35.1. The number of primary amides is 1. The lowest BCUT2D eigenvalue weighted by Gasteiger charge is -2.30. The third-order valence-electron chi connectivity index (χ3n) is 17.5. The lowest BCUT2D eigenvalue weighted by atomic mass is 9.96. The number of carboxylic acid groups (broad SMARTS) is 2. The average Bonchev–Trinajstić information content (AvgIpc) is 1.37. The summed E-state index contributed by atoms with van der Waals surface area (Å²) in [5, 5.41) is 49.1. The Morgan fingerprint density at radius 3 is 1.85 bits per heavy atom.